The van der Waals surface area contributed by atoms with Gasteiger partial charge in [0.05, 0.1) is 14.8 Å². The fraction of sp³-hybridized carbons (Fsp3) is 0.286. The van der Waals surface area contributed by atoms with Gasteiger partial charge in [-0.25, -0.2) is 4.98 Å². The topological polar surface area (TPSA) is 71.8 Å². The summed E-state index contributed by atoms with van der Waals surface area (Å²) >= 11 is 6.34. The maximum absolute atomic E-state index is 11.4. The van der Waals surface area contributed by atoms with E-state index in [1.165, 1.54) is 11.8 Å². The number of aromatic amines is 1. The summed E-state index contributed by atoms with van der Waals surface area (Å²) in [4.78, 5) is 18.5. The number of nitrogens with zero attached hydrogens (tertiary/aromatic N) is 1. The molecular formula is C7H7N3OS2. The summed E-state index contributed by atoms with van der Waals surface area (Å²) in [5.41, 5.74) is 5.99. The van der Waals surface area contributed by atoms with E-state index in [2.05, 4.69) is 9.97 Å². The SMILES string of the molecule is Nc1nc2c(c(=O)[nH]1)SC(=S)CC2. The van der Waals surface area contributed by atoms with Gasteiger partial charge in [0.2, 0.25) is 5.95 Å². The van der Waals surface area contributed by atoms with Crippen LogP contribution in [0.4, 0.5) is 5.95 Å². The Morgan fingerprint density at radius 3 is 3.08 bits per heavy atom. The largest absolute Gasteiger partial charge is 0.369 e. The number of hydrogen-bond donors (Lipinski definition) is 2. The summed E-state index contributed by atoms with van der Waals surface area (Å²) in [7, 11) is 0. The van der Waals surface area contributed by atoms with Crippen molar-refractivity contribution in [1.82, 2.24) is 9.97 Å². The van der Waals surface area contributed by atoms with Crippen LogP contribution < -0.4 is 11.3 Å². The van der Waals surface area contributed by atoms with Gasteiger partial charge >= 0.3 is 0 Å². The van der Waals surface area contributed by atoms with Crippen molar-refractivity contribution in [2.24, 2.45) is 0 Å². The molecule has 1 aliphatic heterocycles. The van der Waals surface area contributed by atoms with Crippen LogP contribution in [0.3, 0.4) is 0 Å². The third-order valence-corrected chi connectivity index (χ3v) is 3.26. The Labute approximate surface area is 83.9 Å². The van der Waals surface area contributed by atoms with Crippen molar-refractivity contribution in [3.05, 3.63) is 16.0 Å². The summed E-state index contributed by atoms with van der Waals surface area (Å²) in [5, 5.41) is 0. The molecular weight excluding hydrogens is 206 g/mol. The number of anilines is 1. The zero-order valence-electron chi connectivity index (χ0n) is 6.66. The van der Waals surface area contributed by atoms with Crippen LogP contribution in [0.5, 0.6) is 0 Å². The number of thioether (sulfide) groups is 1. The average molecular weight is 213 g/mol. The monoisotopic (exact) mass is 213 g/mol. The Bertz CT molecular complexity index is 426. The number of nitrogen functional groups attached to an aromatic ring is 1. The summed E-state index contributed by atoms with van der Waals surface area (Å²) in [6.45, 7) is 0. The van der Waals surface area contributed by atoms with Gasteiger partial charge in [-0.1, -0.05) is 24.0 Å². The third kappa shape index (κ3) is 1.59. The Balaban J connectivity index is 2.59. The normalized spacial score (nSPS) is 15.5. The zero-order chi connectivity index (χ0) is 9.42. The number of fused-ring (bicyclic) bond motifs is 1. The lowest BCUT2D eigenvalue weighted by molar-refractivity contribution is 0.889. The van der Waals surface area contributed by atoms with Crippen molar-refractivity contribution < 1.29 is 0 Å². The number of nitrogens with one attached hydrogen (secondary N) is 1. The van der Waals surface area contributed by atoms with Gasteiger partial charge in [-0.05, 0) is 12.8 Å². The van der Waals surface area contributed by atoms with E-state index in [1.54, 1.807) is 0 Å². The molecule has 1 aliphatic rings. The van der Waals surface area contributed by atoms with Gasteiger partial charge in [0.15, 0.2) is 0 Å². The lowest BCUT2D eigenvalue weighted by Gasteiger charge is -2.13. The number of thiocarbonyl (C=S) groups is 1. The molecule has 1 aromatic rings. The fourth-order valence-corrected chi connectivity index (χ4v) is 2.38. The van der Waals surface area contributed by atoms with Gasteiger partial charge in [0.1, 0.15) is 0 Å². The van der Waals surface area contributed by atoms with Crippen molar-refractivity contribution >= 4 is 34.1 Å². The molecule has 6 heteroatoms. The Morgan fingerprint density at radius 1 is 1.54 bits per heavy atom. The van der Waals surface area contributed by atoms with Crippen LogP contribution in [0.15, 0.2) is 9.69 Å². The number of hydrogen-bond acceptors (Lipinski definition) is 5. The molecule has 0 saturated carbocycles. The highest BCUT2D eigenvalue weighted by Crippen LogP contribution is 2.27. The first-order valence-corrected chi connectivity index (χ1v) is 4.98. The quantitative estimate of drug-likeness (QED) is 0.621. The summed E-state index contributed by atoms with van der Waals surface area (Å²) in [6, 6.07) is 0. The van der Waals surface area contributed by atoms with E-state index in [0.717, 1.165) is 22.7 Å². The average Bonchev–Trinajstić information content (AvgIpc) is 2.06. The van der Waals surface area contributed by atoms with E-state index in [4.69, 9.17) is 18.0 Å². The number of rotatable bonds is 0. The molecule has 68 valence electrons. The highest BCUT2D eigenvalue weighted by atomic mass is 32.2. The van der Waals surface area contributed by atoms with Crippen LogP contribution in [-0.2, 0) is 6.42 Å². The van der Waals surface area contributed by atoms with Crippen molar-refractivity contribution in [2.75, 3.05) is 5.73 Å². The van der Waals surface area contributed by atoms with Gasteiger partial charge < -0.3 is 5.73 Å². The molecule has 0 fully saturated rings. The number of H-pyrrole nitrogens is 1. The third-order valence-electron chi connectivity index (χ3n) is 1.75. The molecule has 0 saturated heterocycles. The fourth-order valence-electron chi connectivity index (χ4n) is 1.19. The molecule has 3 N–H and O–H groups in total. The molecule has 2 rings (SSSR count). The van der Waals surface area contributed by atoms with Crippen LogP contribution in [0, 0.1) is 0 Å². The molecule has 0 spiro atoms. The van der Waals surface area contributed by atoms with Crippen LogP contribution in [-0.4, -0.2) is 14.2 Å². The minimum absolute atomic E-state index is 0.178. The van der Waals surface area contributed by atoms with Crippen molar-refractivity contribution in [1.29, 1.82) is 0 Å². The van der Waals surface area contributed by atoms with Crippen LogP contribution in [0.2, 0.25) is 0 Å². The molecule has 2 heterocycles. The number of aryl methyl sites for hydroxylation is 1. The van der Waals surface area contributed by atoms with Crippen molar-refractivity contribution in [2.45, 2.75) is 17.7 Å². The summed E-state index contributed by atoms with van der Waals surface area (Å²) < 4.78 is 0.838. The van der Waals surface area contributed by atoms with Gasteiger partial charge in [-0.2, -0.15) is 0 Å². The molecule has 0 atom stereocenters. The van der Waals surface area contributed by atoms with Crippen LogP contribution in [0.1, 0.15) is 12.1 Å². The first kappa shape index (κ1) is 8.71. The van der Waals surface area contributed by atoms with E-state index in [9.17, 15) is 4.79 Å². The number of aromatic nitrogens is 2. The standard InChI is InChI=1S/C7H7N3OS2/c8-7-9-3-1-2-4(12)13-5(3)6(11)10-7/h1-2H2,(H3,8,9,10,11). The highest BCUT2D eigenvalue weighted by molar-refractivity contribution is 8.23. The van der Waals surface area contributed by atoms with Crippen molar-refractivity contribution in [3.8, 4) is 0 Å². The molecule has 0 bridgehead atoms. The minimum Gasteiger partial charge on any atom is -0.369 e. The molecule has 0 aliphatic carbocycles. The van der Waals surface area contributed by atoms with E-state index in [1.807, 2.05) is 0 Å². The number of nitrogens with two attached hydrogens (primary N) is 1. The van der Waals surface area contributed by atoms with Gasteiger partial charge in [-0.15, -0.1) is 0 Å². The Hall–Kier alpha value is -0.880. The van der Waals surface area contributed by atoms with Gasteiger partial charge in [-0.3, -0.25) is 9.78 Å². The Morgan fingerprint density at radius 2 is 2.31 bits per heavy atom. The summed E-state index contributed by atoms with van der Waals surface area (Å²) in [6.07, 6.45) is 1.51. The maximum Gasteiger partial charge on any atom is 0.266 e. The van der Waals surface area contributed by atoms with E-state index < -0.39 is 0 Å². The smallest absolute Gasteiger partial charge is 0.266 e. The van der Waals surface area contributed by atoms with Crippen LogP contribution in [0.25, 0.3) is 0 Å². The molecule has 4 nitrogen and oxygen atoms in total. The maximum atomic E-state index is 11.4. The Kier molecular flexibility index (Phi) is 2.09. The second-order valence-electron chi connectivity index (χ2n) is 2.70. The van der Waals surface area contributed by atoms with Gasteiger partial charge in [0.25, 0.3) is 5.56 Å². The van der Waals surface area contributed by atoms with E-state index in [-0.39, 0.29) is 11.5 Å². The molecule has 13 heavy (non-hydrogen) atoms. The predicted octanol–water partition coefficient (Wildman–Crippen LogP) is 0.718. The first-order chi connectivity index (χ1) is 6.16. The molecule has 1 aromatic heterocycles. The second kappa shape index (κ2) is 3.12. The molecule has 0 radical (unpaired) electrons. The van der Waals surface area contributed by atoms with Gasteiger partial charge in [0, 0.05) is 0 Å². The van der Waals surface area contributed by atoms with E-state index >= 15 is 0 Å². The van der Waals surface area contributed by atoms with Crippen molar-refractivity contribution in [3.63, 3.8) is 0 Å². The lowest BCUT2D eigenvalue weighted by Crippen LogP contribution is -2.20. The highest BCUT2D eigenvalue weighted by Gasteiger charge is 2.18. The molecule has 0 amide bonds. The molecule has 0 unspecified atom stereocenters. The predicted molar refractivity (Wildman–Crippen MR) is 56.0 cm³/mol. The summed E-state index contributed by atoms with van der Waals surface area (Å²) in [5.74, 6) is 0.178. The second-order valence-corrected chi connectivity index (χ2v) is 4.56. The lowest BCUT2D eigenvalue weighted by atomic mass is 10.2. The minimum atomic E-state index is -0.186. The first-order valence-electron chi connectivity index (χ1n) is 3.76. The zero-order valence-corrected chi connectivity index (χ0v) is 8.30. The van der Waals surface area contributed by atoms with Crippen LogP contribution >= 0.6 is 24.0 Å². The molecule has 0 aromatic carbocycles. The van der Waals surface area contributed by atoms with E-state index in [0.29, 0.717) is 4.90 Å².